The van der Waals surface area contributed by atoms with Crippen molar-refractivity contribution in [2.75, 3.05) is 20.1 Å². The molecule has 1 atom stereocenters. The number of rotatable bonds is 5. The zero-order chi connectivity index (χ0) is 12.2. The predicted octanol–water partition coefficient (Wildman–Crippen LogP) is 1.14. The van der Waals surface area contributed by atoms with Crippen molar-refractivity contribution in [2.24, 2.45) is 5.41 Å². The number of nitriles is 1. The largest absolute Gasteiger partial charge is 0.344 e. The van der Waals surface area contributed by atoms with Crippen LogP contribution in [-0.4, -0.2) is 37.0 Å². The Kier molecular flexibility index (Phi) is 4.31. The van der Waals surface area contributed by atoms with Gasteiger partial charge in [0.2, 0.25) is 5.91 Å². The number of carbonyl (C=O) groups excluding carboxylic acids is 1. The Bertz CT molecular complexity index is 293. The number of likely N-dealkylation sites (N-methyl/N-ethyl adjacent to an activating group) is 1. The number of amides is 1. The average Bonchev–Trinajstić information content (AvgIpc) is 2.55. The standard InChI is InChI=1S/C12H21N3O/c1-12(2,6-4-7-13)9-14-10-5-8-15(3)11(10)16/h10,14H,4-6,8-9H2,1-3H3. The summed E-state index contributed by atoms with van der Waals surface area (Å²) in [6.45, 7) is 5.88. The second-order valence-corrected chi connectivity index (χ2v) is 5.30. The van der Waals surface area contributed by atoms with Gasteiger partial charge in [-0.15, -0.1) is 0 Å². The second kappa shape index (κ2) is 5.31. The summed E-state index contributed by atoms with van der Waals surface area (Å²) >= 11 is 0. The summed E-state index contributed by atoms with van der Waals surface area (Å²) in [5.41, 5.74) is 0.0805. The Hall–Kier alpha value is -1.08. The summed E-state index contributed by atoms with van der Waals surface area (Å²) < 4.78 is 0. The first-order valence-corrected chi connectivity index (χ1v) is 5.81. The molecule has 0 radical (unpaired) electrons. The second-order valence-electron chi connectivity index (χ2n) is 5.30. The van der Waals surface area contributed by atoms with Crippen LogP contribution in [0.4, 0.5) is 0 Å². The van der Waals surface area contributed by atoms with Gasteiger partial charge in [0.1, 0.15) is 0 Å². The van der Waals surface area contributed by atoms with E-state index in [2.05, 4.69) is 25.2 Å². The van der Waals surface area contributed by atoms with Crippen LogP contribution in [0.2, 0.25) is 0 Å². The highest BCUT2D eigenvalue weighted by Gasteiger charge is 2.30. The molecular formula is C12H21N3O. The van der Waals surface area contributed by atoms with Crippen LogP contribution < -0.4 is 5.32 Å². The first-order valence-electron chi connectivity index (χ1n) is 5.81. The summed E-state index contributed by atoms with van der Waals surface area (Å²) in [6.07, 6.45) is 2.34. The van der Waals surface area contributed by atoms with Gasteiger partial charge in [0.15, 0.2) is 0 Å². The van der Waals surface area contributed by atoms with Crippen LogP contribution >= 0.6 is 0 Å². The zero-order valence-corrected chi connectivity index (χ0v) is 10.4. The van der Waals surface area contributed by atoms with Crippen LogP contribution in [0.15, 0.2) is 0 Å². The van der Waals surface area contributed by atoms with Crippen molar-refractivity contribution >= 4 is 5.91 Å². The molecule has 1 fully saturated rings. The first kappa shape index (κ1) is 13.0. The number of hydrogen-bond donors (Lipinski definition) is 1. The molecule has 1 aliphatic heterocycles. The topological polar surface area (TPSA) is 56.1 Å². The van der Waals surface area contributed by atoms with Gasteiger partial charge < -0.3 is 10.2 Å². The highest BCUT2D eigenvalue weighted by atomic mass is 16.2. The van der Waals surface area contributed by atoms with Crippen LogP contribution in [0.25, 0.3) is 0 Å². The number of carbonyl (C=O) groups is 1. The molecule has 1 aliphatic rings. The van der Waals surface area contributed by atoms with Crippen molar-refractivity contribution in [1.82, 2.24) is 10.2 Å². The molecule has 1 rings (SSSR count). The van der Waals surface area contributed by atoms with Gasteiger partial charge in [-0.1, -0.05) is 13.8 Å². The third kappa shape index (κ3) is 3.49. The van der Waals surface area contributed by atoms with Crippen molar-refractivity contribution in [1.29, 1.82) is 5.26 Å². The van der Waals surface area contributed by atoms with E-state index in [0.717, 1.165) is 25.9 Å². The molecule has 16 heavy (non-hydrogen) atoms. The lowest BCUT2D eigenvalue weighted by Gasteiger charge is -2.25. The Morgan fingerprint density at radius 2 is 2.31 bits per heavy atom. The summed E-state index contributed by atoms with van der Waals surface area (Å²) in [5.74, 6) is 0.191. The molecule has 0 bridgehead atoms. The Balaban J connectivity index is 2.34. The Labute approximate surface area is 97.6 Å². The van der Waals surface area contributed by atoms with E-state index in [1.807, 2.05) is 7.05 Å². The van der Waals surface area contributed by atoms with Gasteiger partial charge in [-0.05, 0) is 18.3 Å². The minimum absolute atomic E-state index is 0.0219. The predicted molar refractivity (Wildman–Crippen MR) is 62.7 cm³/mol. The van der Waals surface area contributed by atoms with E-state index in [0.29, 0.717) is 6.42 Å². The third-order valence-electron chi connectivity index (χ3n) is 3.17. The summed E-state index contributed by atoms with van der Waals surface area (Å²) in [7, 11) is 1.84. The third-order valence-corrected chi connectivity index (χ3v) is 3.17. The summed E-state index contributed by atoms with van der Waals surface area (Å²) in [4.78, 5) is 13.4. The molecule has 90 valence electrons. The van der Waals surface area contributed by atoms with E-state index in [1.165, 1.54) is 0 Å². The lowest BCUT2D eigenvalue weighted by atomic mass is 9.87. The molecule has 4 heteroatoms. The van der Waals surface area contributed by atoms with Gasteiger partial charge in [-0.25, -0.2) is 0 Å². The highest BCUT2D eigenvalue weighted by Crippen LogP contribution is 2.21. The van der Waals surface area contributed by atoms with Crippen LogP contribution in [0.5, 0.6) is 0 Å². The fourth-order valence-corrected chi connectivity index (χ4v) is 1.89. The molecule has 0 saturated carbocycles. The van der Waals surface area contributed by atoms with Crippen molar-refractivity contribution < 1.29 is 4.79 Å². The molecule has 1 saturated heterocycles. The van der Waals surface area contributed by atoms with Gasteiger partial charge in [0, 0.05) is 26.6 Å². The number of nitrogens with one attached hydrogen (secondary N) is 1. The summed E-state index contributed by atoms with van der Waals surface area (Å²) in [6, 6.07) is 2.14. The van der Waals surface area contributed by atoms with E-state index >= 15 is 0 Å². The Morgan fingerprint density at radius 1 is 1.62 bits per heavy atom. The van der Waals surface area contributed by atoms with Crippen LogP contribution in [0.3, 0.4) is 0 Å². The Morgan fingerprint density at radius 3 is 2.81 bits per heavy atom. The maximum absolute atomic E-state index is 11.6. The molecule has 0 aromatic carbocycles. The molecular weight excluding hydrogens is 202 g/mol. The molecule has 4 nitrogen and oxygen atoms in total. The minimum atomic E-state index is -0.0219. The molecule has 0 aliphatic carbocycles. The summed E-state index contributed by atoms with van der Waals surface area (Å²) in [5, 5.41) is 11.9. The fraction of sp³-hybridized carbons (Fsp3) is 0.833. The lowest BCUT2D eigenvalue weighted by Crippen LogP contribution is -2.41. The van der Waals surface area contributed by atoms with E-state index in [9.17, 15) is 4.79 Å². The molecule has 0 spiro atoms. The van der Waals surface area contributed by atoms with Gasteiger partial charge in [-0.2, -0.15) is 5.26 Å². The van der Waals surface area contributed by atoms with Gasteiger partial charge in [0.05, 0.1) is 12.1 Å². The van der Waals surface area contributed by atoms with E-state index < -0.39 is 0 Å². The van der Waals surface area contributed by atoms with E-state index in [-0.39, 0.29) is 17.4 Å². The van der Waals surface area contributed by atoms with Gasteiger partial charge in [-0.3, -0.25) is 4.79 Å². The fourth-order valence-electron chi connectivity index (χ4n) is 1.89. The maximum Gasteiger partial charge on any atom is 0.239 e. The maximum atomic E-state index is 11.6. The van der Waals surface area contributed by atoms with Crippen molar-refractivity contribution in [3.05, 3.63) is 0 Å². The SMILES string of the molecule is CN1CCC(NCC(C)(C)CCC#N)C1=O. The molecule has 1 heterocycles. The quantitative estimate of drug-likeness (QED) is 0.760. The lowest BCUT2D eigenvalue weighted by molar-refractivity contribution is -0.128. The van der Waals surface area contributed by atoms with Crippen molar-refractivity contribution in [2.45, 2.75) is 39.2 Å². The van der Waals surface area contributed by atoms with Gasteiger partial charge in [0.25, 0.3) is 0 Å². The van der Waals surface area contributed by atoms with E-state index in [1.54, 1.807) is 4.90 Å². The normalized spacial score (nSPS) is 21.2. The van der Waals surface area contributed by atoms with Crippen LogP contribution in [0.1, 0.15) is 33.1 Å². The molecule has 1 amide bonds. The molecule has 0 aromatic rings. The molecule has 1 unspecified atom stereocenters. The monoisotopic (exact) mass is 223 g/mol. The van der Waals surface area contributed by atoms with Crippen LogP contribution in [-0.2, 0) is 4.79 Å². The number of nitrogens with zero attached hydrogens (tertiary/aromatic N) is 2. The first-order chi connectivity index (χ1) is 7.46. The van der Waals surface area contributed by atoms with Crippen molar-refractivity contribution in [3.8, 4) is 6.07 Å². The minimum Gasteiger partial charge on any atom is -0.344 e. The highest BCUT2D eigenvalue weighted by molar-refractivity contribution is 5.83. The number of hydrogen-bond acceptors (Lipinski definition) is 3. The average molecular weight is 223 g/mol. The zero-order valence-electron chi connectivity index (χ0n) is 10.4. The van der Waals surface area contributed by atoms with E-state index in [4.69, 9.17) is 5.26 Å². The molecule has 1 N–H and O–H groups in total. The number of likely N-dealkylation sites (tertiary alicyclic amines) is 1. The van der Waals surface area contributed by atoms with Crippen molar-refractivity contribution in [3.63, 3.8) is 0 Å². The smallest absolute Gasteiger partial charge is 0.239 e. The van der Waals surface area contributed by atoms with Gasteiger partial charge >= 0.3 is 0 Å². The molecule has 0 aromatic heterocycles. The van der Waals surface area contributed by atoms with Crippen LogP contribution in [0, 0.1) is 16.7 Å².